The van der Waals surface area contributed by atoms with E-state index in [4.69, 9.17) is 17.3 Å². The van der Waals surface area contributed by atoms with Crippen molar-refractivity contribution in [2.75, 3.05) is 23.7 Å². The van der Waals surface area contributed by atoms with Crippen molar-refractivity contribution in [3.05, 3.63) is 51.8 Å². The fourth-order valence-corrected chi connectivity index (χ4v) is 7.06. The molecule has 37 heavy (non-hydrogen) atoms. The van der Waals surface area contributed by atoms with Crippen LogP contribution in [0.5, 0.6) is 0 Å². The summed E-state index contributed by atoms with van der Waals surface area (Å²) in [5.74, 6) is 0.853. The molecular weight excluding hydrogens is 532 g/mol. The van der Waals surface area contributed by atoms with Crippen molar-refractivity contribution in [2.45, 2.75) is 60.7 Å². The molecule has 3 aromatic heterocycles. The summed E-state index contributed by atoms with van der Waals surface area (Å²) < 4.78 is 19.7. The van der Waals surface area contributed by atoms with Gasteiger partial charge in [-0.2, -0.15) is 5.10 Å². The van der Waals surface area contributed by atoms with Gasteiger partial charge in [0.05, 0.1) is 21.8 Å². The zero-order valence-corrected chi connectivity index (χ0v) is 23.7. The third-order valence-corrected chi connectivity index (χ3v) is 10.3. The van der Waals surface area contributed by atoms with Crippen LogP contribution in [0.2, 0.25) is 5.02 Å². The van der Waals surface area contributed by atoms with Gasteiger partial charge in [0.1, 0.15) is 16.6 Å². The molecule has 5 heterocycles. The van der Waals surface area contributed by atoms with Crippen molar-refractivity contribution in [3.8, 4) is 0 Å². The fourth-order valence-electron chi connectivity index (χ4n) is 5.01. The standard InChI is InChI=1S/C24H31ClN8O2S2/c1-23(2,3)37(35)30-19-15-5-10-29-33(15)14-24(19)7-11-32(12-8-24)22-28-13-17(21(34)31(22)4)36-16-6-9-27-20(26)18(16)25/h5-6,9-10,13,19,30H,7-8,11-12,14H2,1-4H3,(H2,26,27)/t19-,37?/m1/s1. The van der Waals surface area contributed by atoms with Gasteiger partial charge in [-0.1, -0.05) is 23.4 Å². The van der Waals surface area contributed by atoms with Gasteiger partial charge < -0.3 is 15.2 Å². The molecule has 0 radical (unpaired) electrons. The quantitative estimate of drug-likeness (QED) is 0.450. The summed E-state index contributed by atoms with van der Waals surface area (Å²) in [5, 5.41) is 4.83. The maximum atomic E-state index is 13.2. The van der Waals surface area contributed by atoms with Crippen LogP contribution in [0.25, 0.3) is 0 Å². The van der Waals surface area contributed by atoms with Gasteiger partial charge in [-0.05, 0) is 45.7 Å². The second kappa shape index (κ2) is 9.81. The van der Waals surface area contributed by atoms with E-state index in [1.165, 1.54) is 11.8 Å². The first kappa shape index (κ1) is 26.4. The van der Waals surface area contributed by atoms with E-state index < -0.39 is 11.4 Å². The maximum Gasteiger partial charge on any atom is 0.268 e. The third-order valence-electron chi connectivity index (χ3n) is 7.16. The number of anilines is 2. The lowest BCUT2D eigenvalue weighted by atomic mass is 9.73. The van der Waals surface area contributed by atoms with Crippen LogP contribution in [0.15, 0.2) is 45.3 Å². The Morgan fingerprint density at radius 1 is 1.22 bits per heavy atom. The maximum absolute atomic E-state index is 13.2. The highest BCUT2D eigenvalue weighted by Crippen LogP contribution is 2.50. The van der Waals surface area contributed by atoms with E-state index in [0.29, 0.717) is 20.8 Å². The topological polar surface area (TPSA) is 130 Å². The first-order chi connectivity index (χ1) is 17.5. The van der Waals surface area contributed by atoms with E-state index in [2.05, 4.69) is 24.7 Å². The highest BCUT2D eigenvalue weighted by atomic mass is 35.5. The lowest BCUT2D eigenvalue weighted by Crippen LogP contribution is -2.50. The molecule has 5 rings (SSSR count). The number of aromatic nitrogens is 5. The van der Waals surface area contributed by atoms with E-state index in [-0.39, 0.29) is 27.6 Å². The molecule has 0 aliphatic carbocycles. The molecule has 2 aliphatic rings. The minimum Gasteiger partial charge on any atom is -0.598 e. The number of fused-ring (bicyclic) bond motifs is 1. The zero-order chi connectivity index (χ0) is 26.5. The summed E-state index contributed by atoms with van der Waals surface area (Å²) in [6.45, 7) is 8.16. The van der Waals surface area contributed by atoms with Crippen LogP contribution in [0.1, 0.15) is 45.3 Å². The van der Waals surface area contributed by atoms with E-state index >= 15 is 0 Å². The number of nitrogens with one attached hydrogen (secondary N) is 1. The smallest absolute Gasteiger partial charge is 0.268 e. The molecular formula is C24H31ClN8O2S2. The van der Waals surface area contributed by atoms with Crippen LogP contribution < -0.4 is 20.9 Å². The molecule has 0 amide bonds. The van der Waals surface area contributed by atoms with Crippen LogP contribution in [-0.2, 0) is 25.0 Å². The second-order valence-corrected chi connectivity index (χ2v) is 14.1. The number of pyridine rings is 1. The number of rotatable bonds is 5. The molecule has 1 fully saturated rings. The van der Waals surface area contributed by atoms with Gasteiger partial charge in [-0.15, -0.1) is 4.72 Å². The van der Waals surface area contributed by atoms with Crippen molar-refractivity contribution in [3.63, 3.8) is 0 Å². The molecule has 0 saturated carbocycles. The van der Waals surface area contributed by atoms with E-state index in [1.54, 1.807) is 36.3 Å². The van der Waals surface area contributed by atoms with Crippen LogP contribution in [0.4, 0.5) is 11.8 Å². The first-order valence-electron chi connectivity index (χ1n) is 12.1. The zero-order valence-electron chi connectivity index (χ0n) is 21.3. The number of hydrogen-bond acceptors (Lipinski definition) is 9. The lowest BCUT2D eigenvalue weighted by molar-refractivity contribution is 0.159. The van der Waals surface area contributed by atoms with E-state index in [9.17, 15) is 9.35 Å². The van der Waals surface area contributed by atoms with Gasteiger partial charge in [0.15, 0.2) is 0 Å². The highest BCUT2D eigenvalue weighted by molar-refractivity contribution is 7.99. The van der Waals surface area contributed by atoms with Gasteiger partial charge in [0.25, 0.3) is 5.56 Å². The van der Waals surface area contributed by atoms with Crippen LogP contribution in [0, 0.1) is 5.41 Å². The number of halogens is 1. The van der Waals surface area contributed by atoms with Crippen LogP contribution >= 0.6 is 23.4 Å². The average molecular weight is 563 g/mol. The first-order valence-corrected chi connectivity index (χ1v) is 14.4. The molecule has 198 valence electrons. The number of hydrogen-bond donors (Lipinski definition) is 2. The van der Waals surface area contributed by atoms with Crippen molar-refractivity contribution < 1.29 is 4.55 Å². The summed E-state index contributed by atoms with van der Waals surface area (Å²) >= 11 is 6.29. The Bertz CT molecular complexity index is 1360. The number of nitrogens with two attached hydrogens (primary N) is 1. The number of nitrogen functional groups attached to an aromatic ring is 1. The van der Waals surface area contributed by atoms with Gasteiger partial charge in [-0.3, -0.25) is 14.0 Å². The number of nitrogens with zero attached hydrogens (tertiary/aromatic N) is 6. The van der Waals surface area contributed by atoms with Crippen molar-refractivity contribution in [2.24, 2.45) is 12.5 Å². The Labute approximate surface area is 228 Å². The normalized spacial score (nSPS) is 19.8. The molecule has 1 spiro atoms. The molecule has 2 aliphatic heterocycles. The van der Waals surface area contributed by atoms with E-state index in [1.807, 2.05) is 31.5 Å². The van der Waals surface area contributed by atoms with Gasteiger partial charge in [0.2, 0.25) is 5.95 Å². The fraction of sp³-hybridized carbons (Fsp3) is 0.500. The summed E-state index contributed by atoms with van der Waals surface area (Å²) in [6, 6.07) is 3.69. The van der Waals surface area contributed by atoms with Gasteiger partial charge in [-0.25, -0.2) is 9.97 Å². The molecule has 0 bridgehead atoms. The molecule has 13 heteroatoms. The molecule has 1 unspecified atom stereocenters. The summed E-state index contributed by atoms with van der Waals surface area (Å²) in [7, 11) is 1.74. The minimum atomic E-state index is -1.21. The largest absolute Gasteiger partial charge is 0.598 e. The Morgan fingerprint density at radius 3 is 2.65 bits per heavy atom. The Balaban J connectivity index is 1.34. The molecule has 2 atom stereocenters. The summed E-state index contributed by atoms with van der Waals surface area (Å²) in [5.41, 5.74) is 6.63. The predicted molar refractivity (Wildman–Crippen MR) is 147 cm³/mol. The summed E-state index contributed by atoms with van der Waals surface area (Å²) in [6.07, 6.45) is 6.68. The van der Waals surface area contributed by atoms with E-state index in [0.717, 1.165) is 38.2 Å². The van der Waals surface area contributed by atoms with Crippen molar-refractivity contribution in [1.29, 1.82) is 0 Å². The Hall–Kier alpha value is -2.25. The Morgan fingerprint density at radius 2 is 1.95 bits per heavy atom. The lowest BCUT2D eigenvalue weighted by Gasteiger charge is -2.43. The minimum absolute atomic E-state index is 0.0506. The van der Waals surface area contributed by atoms with Gasteiger partial charge in [0, 0.05) is 60.7 Å². The molecule has 0 aromatic carbocycles. The second-order valence-electron chi connectivity index (χ2n) is 10.6. The SMILES string of the molecule is Cn1c(N2CCC3(CC2)Cn2nccc2[C@H]3N[S+]([O-])C(C)(C)C)ncc(Sc2ccnc(N)c2Cl)c1=O. The Kier molecular flexibility index (Phi) is 6.99. The van der Waals surface area contributed by atoms with Crippen molar-refractivity contribution >= 4 is 46.5 Å². The van der Waals surface area contributed by atoms with Crippen molar-refractivity contribution in [1.82, 2.24) is 29.0 Å². The van der Waals surface area contributed by atoms with Crippen LogP contribution in [0.3, 0.4) is 0 Å². The average Bonchev–Trinajstić information content (AvgIpc) is 3.40. The molecule has 1 saturated heterocycles. The predicted octanol–water partition coefficient (Wildman–Crippen LogP) is 3.15. The molecule has 3 aromatic rings. The highest BCUT2D eigenvalue weighted by Gasteiger charge is 2.51. The molecule has 3 N–H and O–H groups in total. The van der Waals surface area contributed by atoms with Crippen LogP contribution in [-0.4, -0.2) is 46.7 Å². The summed E-state index contributed by atoms with van der Waals surface area (Å²) in [4.78, 5) is 25.1. The van der Waals surface area contributed by atoms with Gasteiger partial charge >= 0.3 is 0 Å². The monoisotopic (exact) mass is 562 g/mol. The number of piperidine rings is 1. The third kappa shape index (κ3) is 4.85. The molecule has 10 nitrogen and oxygen atoms in total.